The van der Waals surface area contributed by atoms with E-state index in [0.717, 1.165) is 49.4 Å². The number of rotatable bonds is 3. The van der Waals surface area contributed by atoms with Crippen molar-refractivity contribution in [3.63, 3.8) is 0 Å². The minimum Gasteiger partial charge on any atom is -0.334 e. The third-order valence-electron chi connectivity index (χ3n) is 6.51. The molecule has 36 heavy (non-hydrogen) atoms. The number of carbonyl (C=O) groups excluding carboxylic acids is 2. The van der Waals surface area contributed by atoms with E-state index in [1.807, 2.05) is 72.3 Å². The van der Waals surface area contributed by atoms with Crippen molar-refractivity contribution in [2.24, 2.45) is 0 Å². The number of pyridine rings is 1. The molecule has 1 aromatic carbocycles. The van der Waals surface area contributed by atoms with E-state index in [1.165, 1.54) is 0 Å². The van der Waals surface area contributed by atoms with Gasteiger partial charge in [0.05, 0.1) is 17.0 Å². The lowest BCUT2D eigenvalue weighted by atomic mass is 10.1. The van der Waals surface area contributed by atoms with Crippen molar-refractivity contribution in [1.29, 1.82) is 0 Å². The Labute approximate surface area is 213 Å². The number of aromatic nitrogens is 3. The zero-order chi connectivity index (χ0) is 25.5. The van der Waals surface area contributed by atoms with Crippen LogP contribution in [-0.4, -0.2) is 62.7 Å². The van der Waals surface area contributed by atoms with Crippen LogP contribution in [0.2, 0.25) is 0 Å². The Hall–Kier alpha value is -3.65. The van der Waals surface area contributed by atoms with Gasteiger partial charge in [-0.3, -0.25) is 19.5 Å². The molecule has 0 saturated heterocycles. The van der Waals surface area contributed by atoms with E-state index in [2.05, 4.69) is 19.9 Å². The first-order valence-electron chi connectivity index (χ1n) is 12.5. The van der Waals surface area contributed by atoms with Crippen LogP contribution in [0.3, 0.4) is 0 Å². The largest absolute Gasteiger partial charge is 0.334 e. The van der Waals surface area contributed by atoms with Crippen molar-refractivity contribution in [2.75, 3.05) is 31.1 Å². The Morgan fingerprint density at radius 2 is 1.67 bits per heavy atom. The molecule has 0 unspecified atom stereocenters. The first kappa shape index (κ1) is 25.4. The van der Waals surface area contributed by atoms with Crippen LogP contribution in [0, 0.1) is 13.8 Å². The minimum absolute atomic E-state index is 0.00330. The highest BCUT2D eigenvalue weighted by Crippen LogP contribution is 2.24. The normalized spacial score (nSPS) is 15.5. The molecule has 188 valence electrons. The number of carbonyl (C=O) groups is 2. The van der Waals surface area contributed by atoms with Crippen molar-refractivity contribution in [3.05, 3.63) is 83.2 Å². The van der Waals surface area contributed by atoms with Crippen LogP contribution in [0.25, 0.3) is 0 Å². The second kappa shape index (κ2) is 11.9. The summed E-state index contributed by atoms with van der Waals surface area (Å²) in [4.78, 5) is 45.6. The molecule has 2 aromatic heterocycles. The van der Waals surface area contributed by atoms with Crippen LogP contribution in [0.1, 0.15) is 52.9 Å². The lowest BCUT2D eigenvalue weighted by Gasteiger charge is -2.31. The van der Waals surface area contributed by atoms with Crippen molar-refractivity contribution in [3.8, 4) is 0 Å². The van der Waals surface area contributed by atoms with Gasteiger partial charge in [-0.15, -0.1) is 0 Å². The average molecular weight is 487 g/mol. The number of aryl methyl sites for hydroxylation is 2. The van der Waals surface area contributed by atoms with E-state index in [0.29, 0.717) is 36.7 Å². The maximum atomic E-state index is 13.7. The van der Waals surface area contributed by atoms with E-state index < -0.39 is 0 Å². The van der Waals surface area contributed by atoms with Gasteiger partial charge in [-0.05, 0) is 50.5 Å². The molecular weight excluding hydrogens is 452 g/mol. The molecule has 3 heterocycles. The Bertz CT molecular complexity index is 1200. The number of hydrogen-bond acceptors (Lipinski definition) is 6. The lowest BCUT2D eigenvalue weighted by molar-refractivity contribution is -0.116. The number of anilines is 1. The zero-order valence-electron chi connectivity index (χ0n) is 21.4. The molecule has 0 radical (unpaired) electrons. The van der Waals surface area contributed by atoms with Crippen molar-refractivity contribution >= 4 is 17.5 Å². The van der Waals surface area contributed by atoms with E-state index in [9.17, 15) is 9.59 Å². The summed E-state index contributed by atoms with van der Waals surface area (Å²) < 4.78 is 0. The predicted molar refractivity (Wildman–Crippen MR) is 139 cm³/mol. The van der Waals surface area contributed by atoms with Gasteiger partial charge in [-0.25, -0.2) is 9.97 Å². The summed E-state index contributed by atoms with van der Waals surface area (Å²) in [6.07, 6.45) is 5.11. The molecule has 0 atom stereocenters. The van der Waals surface area contributed by atoms with E-state index in [-0.39, 0.29) is 11.8 Å². The van der Waals surface area contributed by atoms with E-state index >= 15 is 0 Å². The van der Waals surface area contributed by atoms with Crippen LogP contribution in [0.15, 0.2) is 54.9 Å². The molecule has 4 rings (SSSR count). The minimum atomic E-state index is -0.0926. The zero-order valence-corrected chi connectivity index (χ0v) is 21.4. The molecule has 1 aliphatic heterocycles. The standard InChI is InChI=1S/C28H34N6O2/c1-21-26(18-30-22(2)31-21)28(36)33-16-8-14-32(20-25-11-6-7-13-29-25)15-9-17-34(23(3)35)27-12-5-4-10-24(27)19-33/h4-7,10-13,18H,8-9,14-17,19-20H2,1-3H3. The van der Waals surface area contributed by atoms with Gasteiger partial charge >= 0.3 is 0 Å². The Balaban J connectivity index is 1.65. The third-order valence-corrected chi connectivity index (χ3v) is 6.51. The molecule has 0 saturated carbocycles. The van der Waals surface area contributed by atoms with Crippen molar-refractivity contribution in [2.45, 2.75) is 46.7 Å². The number of benzene rings is 1. The molecule has 0 spiro atoms. The summed E-state index contributed by atoms with van der Waals surface area (Å²) in [5.74, 6) is 0.548. The van der Waals surface area contributed by atoms with E-state index in [1.54, 1.807) is 13.1 Å². The fourth-order valence-electron chi connectivity index (χ4n) is 4.71. The second-order valence-electron chi connectivity index (χ2n) is 9.25. The van der Waals surface area contributed by atoms with Crippen LogP contribution in [-0.2, 0) is 17.9 Å². The first-order chi connectivity index (χ1) is 17.4. The van der Waals surface area contributed by atoms with Crippen LogP contribution in [0.4, 0.5) is 5.69 Å². The fourth-order valence-corrected chi connectivity index (χ4v) is 4.71. The molecule has 0 bridgehead atoms. The quantitative estimate of drug-likeness (QED) is 0.560. The number of fused-ring (bicyclic) bond motifs is 1. The van der Waals surface area contributed by atoms with Gasteiger partial charge in [-0.1, -0.05) is 24.3 Å². The molecule has 3 aromatic rings. The highest BCUT2D eigenvalue weighted by Gasteiger charge is 2.23. The Kier molecular flexibility index (Phi) is 8.38. The molecule has 2 amide bonds. The molecule has 0 fully saturated rings. The summed E-state index contributed by atoms with van der Waals surface area (Å²) in [5, 5.41) is 0. The summed E-state index contributed by atoms with van der Waals surface area (Å²) in [6.45, 7) is 9.27. The van der Waals surface area contributed by atoms with Crippen molar-refractivity contribution in [1.82, 2.24) is 24.8 Å². The topological polar surface area (TPSA) is 82.5 Å². The molecular formula is C28H34N6O2. The lowest BCUT2D eigenvalue weighted by Crippen LogP contribution is -2.38. The second-order valence-corrected chi connectivity index (χ2v) is 9.25. The maximum absolute atomic E-state index is 13.7. The van der Waals surface area contributed by atoms with Gasteiger partial charge in [0.1, 0.15) is 5.82 Å². The van der Waals surface area contributed by atoms with Gasteiger partial charge in [-0.2, -0.15) is 0 Å². The first-order valence-corrected chi connectivity index (χ1v) is 12.5. The monoisotopic (exact) mass is 486 g/mol. The molecule has 0 N–H and O–H groups in total. The number of para-hydroxylation sites is 1. The average Bonchev–Trinajstić information content (AvgIpc) is 2.85. The van der Waals surface area contributed by atoms with Gasteiger partial charge in [0, 0.05) is 64.3 Å². The smallest absolute Gasteiger partial charge is 0.257 e. The number of hydrogen-bond donors (Lipinski definition) is 0. The highest BCUT2D eigenvalue weighted by molar-refractivity contribution is 5.95. The molecule has 8 heteroatoms. The van der Waals surface area contributed by atoms with Gasteiger partial charge in [0.2, 0.25) is 5.91 Å². The van der Waals surface area contributed by atoms with Crippen LogP contribution in [0.5, 0.6) is 0 Å². The van der Waals surface area contributed by atoms with E-state index in [4.69, 9.17) is 0 Å². The van der Waals surface area contributed by atoms with Crippen molar-refractivity contribution < 1.29 is 9.59 Å². The maximum Gasteiger partial charge on any atom is 0.257 e. The Morgan fingerprint density at radius 3 is 2.39 bits per heavy atom. The number of nitrogens with zero attached hydrogens (tertiary/aromatic N) is 6. The number of amides is 2. The summed E-state index contributed by atoms with van der Waals surface area (Å²) in [6, 6.07) is 13.8. The van der Waals surface area contributed by atoms with Gasteiger partial charge < -0.3 is 9.80 Å². The third kappa shape index (κ3) is 6.31. The van der Waals surface area contributed by atoms with Gasteiger partial charge in [0.25, 0.3) is 5.91 Å². The highest BCUT2D eigenvalue weighted by atomic mass is 16.2. The fraction of sp³-hybridized carbons (Fsp3) is 0.393. The molecule has 1 aliphatic rings. The summed E-state index contributed by atoms with van der Waals surface area (Å²) >= 11 is 0. The van der Waals surface area contributed by atoms with Crippen LogP contribution < -0.4 is 4.90 Å². The molecule has 8 nitrogen and oxygen atoms in total. The summed E-state index contributed by atoms with van der Waals surface area (Å²) in [5.41, 5.74) is 4.01. The van der Waals surface area contributed by atoms with Crippen LogP contribution >= 0.6 is 0 Å². The Morgan fingerprint density at radius 1 is 0.917 bits per heavy atom. The summed E-state index contributed by atoms with van der Waals surface area (Å²) in [7, 11) is 0. The van der Waals surface area contributed by atoms with Gasteiger partial charge in [0.15, 0.2) is 0 Å². The molecule has 0 aliphatic carbocycles. The SMILES string of the molecule is CC(=O)N1CCCN(Cc2ccccn2)CCCN(C(=O)c2cnc(C)nc2C)Cc2ccccc21. The predicted octanol–water partition coefficient (Wildman–Crippen LogP) is 3.78.